The van der Waals surface area contributed by atoms with Gasteiger partial charge in [0.05, 0.1) is 23.2 Å². The van der Waals surface area contributed by atoms with Crippen molar-refractivity contribution in [3.8, 4) is 5.88 Å². The quantitative estimate of drug-likeness (QED) is 0.900. The van der Waals surface area contributed by atoms with E-state index >= 15 is 0 Å². The van der Waals surface area contributed by atoms with Crippen LogP contribution in [-0.2, 0) is 15.4 Å². The number of sulfone groups is 1. The Hall–Kier alpha value is -1.14. The van der Waals surface area contributed by atoms with Crippen molar-refractivity contribution >= 4 is 9.84 Å². The number of pyridine rings is 1. The summed E-state index contributed by atoms with van der Waals surface area (Å²) in [5.74, 6) is 0.503. The van der Waals surface area contributed by atoms with Crippen LogP contribution < -0.4 is 4.74 Å². The second-order valence-electron chi connectivity index (χ2n) is 6.25. The number of hydrogen-bond acceptors (Lipinski definition) is 5. The summed E-state index contributed by atoms with van der Waals surface area (Å²) in [4.78, 5) is 4.18. The lowest BCUT2D eigenvalue weighted by Gasteiger charge is -2.44. The fourth-order valence-corrected chi connectivity index (χ4v) is 6.35. The Morgan fingerprint density at radius 3 is 2.48 bits per heavy atom. The molecule has 2 atom stereocenters. The summed E-state index contributed by atoms with van der Waals surface area (Å²) in [6.07, 6.45) is 4.43. The third-order valence-electron chi connectivity index (χ3n) is 4.91. The van der Waals surface area contributed by atoms with Gasteiger partial charge in [-0.05, 0) is 38.2 Å². The number of hydrogen-bond donors (Lipinski definition) is 1. The average Bonchev–Trinajstić information content (AvgIpc) is 2.40. The molecule has 2 unspecified atom stereocenters. The molecule has 5 nitrogen and oxygen atoms in total. The molecule has 0 aliphatic carbocycles. The number of aliphatic hydroxyl groups is 1. The molecule has 1 aromatic heterocycles. The third-order valence-corrected chi connectivity index (χ3v) is 7.57. The van der Waals surface area contributed by atoms with Crippen LogP contribution in [0.25, 0.3) is 0 Å². The van der Waals surface area contributed by atoms with Crippen molar-refractivity contribution in [1.82, 2.24) is 4.98 Å². The zero-order valence-electron chi connectivity index (χ0n) is 12.4. The normalized spacial score (nSPS) is 34.4. The molecule has 3 rings (SSSR count). The summed E-state index contributed by atoms with van der Waals surface area (Å²) in [7, 11) is -1.53. The van der Waals surface area contributed by atoms with Gasteiger partial charge in [-0.2, -0.15) is 0 Å². The second kappa shape index (κ2) is 4.95. The van der Waals surface area contributed by atoms with E-state index in [2.05, 4.69) is 4.98 Å². The molecule has 0 saturated carbocycles. The van der Waals surface area contributed by atoms with Crippen LogP contribution in [0, 0.1) is 6.92 Å². The van der Waals surface area contributed by atoms with E-state index in [0.29, 0.717) is 18.7 Å². The van der Waals surface area contributed by atoms with Gasteiger partial charge in [0.1, 0.15) is 0 Å². The first kappa shape index (κ1) is 14.8. The standard InChI is InChI=1S/C15H21NO4S/c1-10-6-14(20-2)16-9-13(10)15(17)7-11-4-3-5-12(8-15)21(11,18)19/h6,9,11-12,17H,3-5,7-8H2,1-2H3. The second-order valence-corrected chi connectivity index (χ2v) is 8.76. The molecule has 116 valence electrons. The van der Waals surface area contributed by atoms with Crippen molar-refractivity contribution in [2.75, 3.05) is 7.11 Å². The molecule has 0 aromatic carbocycles. The maximum absolute atomic E-state index is 12.4. The van der Waals surface area contributed by atoms with Crippen molar-refractivity contribution in [3.05, 3.63) is 23.4 Å². The summed E-state index contributed by atoms with van der Waals surface area (Å²) >= 11 is 0. The predicted octanol–water partition coefficient (Wildman–Crippen LogP) is 1.72. The van der Waals surface area contributed by atoms with E-state index in [1.54, 1.807) is 19.4 Å². The van der Waals surface area contributed by atoms with Gasteiger partial charge in [0.15, 0.2) is 9.84 Å². The Morgan fingerprint density at radius 2 is 1.95 bits per heavy atom. The van der Waals surface area contributed by atoms with Crippen molar-refractivity contribution in [1.29, 1.82) is 0 Å². The van der Waals surface area contributed by atoms with E-state index in [1.165, 1.54) is 0 Å². The summed E-state index contributed by atoms with van der Waals surface area (Å²) in [6, 6.07) is 1.78. The summed E-state index contributed by atoms with van der Waals surface area (Å²) in [5.41, 5.74) is 0.529. The molecule has 21 heavy (non-hydrogen) atoms. The van der Waals surface area contributed by atoms with Crippen molar-refractivity contribution in [2.45, 2.75) is 55.1 Å². The van der Waals surface area contributed by atoms with Crippen LogP contribution in [0.5, 0.6) is 5.88 Å². The molecular formula is C15H21NO4S. The highest BCUT2D eigenvalue weighted by Crippen LogP contribution is 2.46. The molecule has 1 aromatic rings. The van der Waals surface area contributed by atoms with Gasteiger partial charge in [-0.3, -0.25) is 0 Å². The largest absolute Gasteiger partial charge is 0.481 e. The van der Waals surface area contributed by atoms with E-state index in [0.717, 1.165) is 17.5 Å². The maximum atomic E-state index is 12.4. The van der Waals surface area contributed by atoms with Crippen LogP contribution in [0.1, 0.15) is 43.2 Å². The first-order valence-corrected chi connectivity index (χ1v) is 8.94. The first-order chi connectivity index (χ1) is 9.87. The van der Waals surface area contributed by atoms with Gasteiger partial charge < -0.3 is 9.84 Å². The van der Waals surface area contributed by atoms with Gasteiger partial charge in [-0.25, -0.2) is 13.4 Å². The Morgan fingerprint density at radius 1 is 1.33 bits per heavy atom. The lowest BCUT2D eigenvalue weighted by molar-refractivity contribution is 0.00408. The van der Waals surface area contributed by atoms with Crippen molar-refractivity contribution < 1.29 is 18.3 Å². The van der Waals surface area contributed by atoms with Crippen LogP contribution in [-0.4, -0.2) is 36.1 Å². The SMILES string of the molecule is COc1cc(C)c(C2(O)CC3CCCC(C2)S3(=O)=O)cn1. The monoisotopic (exact) mass is 311 g/mol. The average molecular weight is 311 g/mol. The van der Waals surface area contributed by atoms with Gasteiger partial charge in [0, 0.05) is 17.8 Å². The topological polar surface area (TPSA) is 76.5 Å². The summed E-state index contributed by atoms with van der Waals surface area (Å²) < 4.78 is 29.8. The number of aryl methyl sites for hydroxylation is 1. The highest BCUT2D eigenvalue weighted by atomic mass is 32.2. The van der Waals surface area contributed by atoms with Crippen LogP contribution in [0.15, 0.2) is 12.3 Å². The Labute approximate surface area is 125 Å². The molecular weight excluding hydrogens is 290 g/mol. The number of rotatable bonds is 2. The van der Waals surface area contributed by atoms with Crippen LogP contribution >= 0.6 is 0 Å². The number of methoxy groups -OCH3 is 1. The van der Waals surface area contributed by atoms with E-state index in [-0.39, 0.29) is 12.8 Å². The molecule has 6 heteroatoms. The summed E-state index contributed by atoms with van der Waals surface area (Å²) in [6.45, 7) is 1.90. The van der Waals surface area contributed by atoms with E-state index in [4.69, 9.17) is 4.74 Å². The van der Waals surface area contributed by atoms with Crippen molar-refractivity contribution in [2.24, 2.45) is 0 Å². The van der Waals surface area contributed by atoms with Crippen LogP contribution in [0.3, 0.4) is 0 Å². The fourth-order valence-electron chi connectivity index (χ4n) is 3.80. The minimum absolute atomic E-state index is 0.278. The lowest BCUT2D eigenvalue weighted by Crippen LogP contribution is -2.50. The highest BCUT2D eigenvalue weighted by Gasteiger charge is 2.51. The number of fused-ring (bicyclic) bond motifs is 2. The predicted molar refractivity (Wildman–Crippen MR) is 79.0 cm³/mol. The molecule has 2 bridgehead atoms. The molecule has 1 N–H and O–H groups in total. The van der Waals surface area contributed by atoms with Gasteiger partial charge in [-0.1, -0.05) is 6.42 Å². The molecule has 2 aliphatic rings. The zero-order valence-corrected chi connectivity index (χ0v) is 13.2. The Kier molecular flexibility index (Phi) is 3.48. The molecule has 0 radical (unpaired) electrons. The maximum Gasteiger partial charge on any atom is 0.213 e. The Bertz CT molecular complexity index is 636. The molecule has 0 spiro atoms. The minimum Gasteiger partial charge on any atom is -0.481 e. The minimum atomic E-state index is -3.08. The zero-order chi connectivity index (χ0) is 15.3. The molecule has 2 saturated heterocycles. The lowest BCUT2D eigenvalue weighted by atomic mass is 9.79. The van der Waals surface area contributed by atoms with Crippen molar-refractivity contribution in [3.63, 3.8) is 0 Å². The summed E-state index contributed by atoms with van der Waals surface area (Å²) in [5, 5.41) is 10.2. The van der Waals surface area contributed by atoms with Gasteiger partial charge in [-0.15, -0.1) is 0 Å². The smallest absolute Gasteiger partial charge is 0.213 e. The fraction of sp³-hybridized carbons (Fsp3) is 0.667. The number of aromatic nitrogens is 1. The van der Waals surface area contributed by atoms with Crippen LogP contribution in [0.2, 0.25) is 0 Å². The molecule has 0 amide bonds. The molecule has 3 heterocycles. The van der Waals surface area contributed by atoms with Gasteiger partial charge in [0.25, 0.3) is 0 Å². The van der Waals surface area contributed by atoms with Gasteiger partial charge in [0.2, 0.25) is 5.88 Å². The molecule has 2 fully saturated rings. The Balaban J connectivity index is 1.99. The first-order valence-electron chi connectivity index (χ1n) is 7.33. The number of ether oxygens (including phenoxy) is 1. The van der Waals surface area contributed by atoms with E-state index < -0.39 is 25.9 Å². The van der Waals surface area contributed by atoms with E-state index in [1.807, 2.05) is 6.92 Å². The van der Waals surface area contributed by atoms with Crippen LogP contribution in [0.4, 0.5) is 0 Å². The highest BCUT2D eigenvalue weighted by molar-refractivity contribution is 7.92. The van der Waals surface area contributed by atoms with E-state index in [9.17, 15) is 13.5 Å². The third kappa shape index (κ3) is 2.34. The van der Waals surface area contributed by atoms with Gasteiger partial charge >= 0.3 is 0 Å². The molecule has 2 aliphatic heterocycles. The number of nitrogens with zero attached hydrogens (tertiary/aromatic N) is 1.